The van der Waals surface area contributed by atoms with Crippen molar-refractivity contribution in [1.29, 1.82) is 0 Å². The smallest absolute Gasteiger partial charge is 0.219 e. The van der Waals surface area contributed by atoms with E-state index in [1.54, 1.807) is 6.92 Å². The molecular weight excluding hydrogens is 234 g/mol. The van der Waals surface area contributed by atoms with Crippen molar-refractivity contribution >= 4 is 5.91 Å². The van der Waals surface area contributed by atoms with E-state index in [4.69, 9.17) is 0 Å². The van der Waals surface area contributed by atoms with Crippen LogP contribution < -0.4 is 0 Å². The Kier molecular flexibility index (Phi) is 3.58. The molecule has 1 amide bonds. The standard InChI is InChI=1S/C17H23NO/c1-13(19)18-16-8-5-9-17(18)12-15(11-16)10-14-6-3-2-4-7-14/h2-4,6-7,15-17H,5,8-12H2,1H3. The zero-order valence-corrected chi connectivity index (χ0v) is 11.7. The van der Waals surface area contributed by atoms with E-state index in [2.05, 4.69) is 35.2 Å². The van der Waals surface area contributed by atoms with Gasteiger partial charge >= 0.3 is 0 Å². The second-order valence-electron chi connectivity index (χ2n) is 6.19. The maximum Gasteiger partial charge on any atom is 0.219 e. The lowest BCUT2D eigenvalue weighted by molar-refractivity contribution is -0.139. The first-order valence-electron chi connectivity index (χ1n) is 7.57. The topological polar surface area (TPSA) is 20.3 Å². The fourth-order valence-corrected chi connectivity index (χ4v) is 4.12. The number of rotatable bonds is 2. The lowest BCUT2D eigenvalue weighted by Gasteiger charge is -2.48. The van der Waals surface area contributed by atoms with Gasteiger partial charge in [-0.05, 0) is 50.0 Å². The molecule has 1 aromatic rings. The molecule has 0 aromatic heterocycles. The average molecular weight is 257 g/mol. The molecule has 0 aliphatic carbocycles. The van der Waals surface area contributed by atoms with Gasteiger partial charge in [0, 0.05) is 19.0 Å². The van der Waals surface area contributed by atoms with Gasteiger partial charge in [0.15, 0.2) is 0 Å². The minimum Gasteiger partial charge on any atom is -0.337 e. The summed E-state index contributed by atoms with van der Waals surface area (Å²) < 4.78 is 0. The van der Waals surface area contributed by atoms with E-state index in [1.165, 1.54) is 44.1 Å². The molecular formula is C17H23NO. The number of carbonyl (C=O) groups excluding carboxylic acids is 1. The SMILES string of the molecule is CC(=O)N1C2CCCC1CC(Cc1ccccc1)C2. The molecule has 102 valence electrons. The van der Waals surface area contributed by atoms with Crippen LogP contribution in [-0.2, 0) is 11.2 Å². The lowest BCUT2D eigenvalue weighted by Crippen LogP contribution is -2.54. The molecule has 2 heteroatoms. The Morgan fingerprint density at radius 1 is 1.16 bits per heavy atom. The van der Waals surface area contributed by atoms with Crippen LogP contribution in [0.25, 0.3) is 0 Å². The minimum atomic E-state index is 0.285. The average Bonchev–Trinajstić information content (AvgIpc) is 2.38. The molecule has 2 bridgehead atoms. The van der Waals surface area contributed by atoms with Gasteiger partial charge in [0.2, 0.25) is 5.91 Å². The van der Waals surface area contributed by atoms with Gasteiger partial charge in [0.25, 0.3) is 0 Å². The van der Waals surface area contributed by atoms with Crippen molar-refractivity contribution in [2.75, 3.05) is 0 Å². The van der Waals surface area contributed by atoms with Crippen molar-refractivity contribution in [2.24, 2.45) is 5.92 Å². The molecule has 2 nitrogen and oxygen atoms in total. The maximum atomic E-state index is 11.8. The third kappa shape index (κ3) is 2.68. The summed E-state index contributed by atoms with van der Waals surface area (Å²) in [6.07, 6.45) is 7.30. The van der Waals surface area contributed by atoms with Gasteiger partial charge in [-0.2, -0.15) is 0 Å². The summed E-state index contributed by atoms with van der Waals surface area (Å²) in [5.41, 5.74) is 1.45. The summed E-state index contributed by atoms with van der Waals surface area (Å²) >= 11 is 0. The third-order valence-corrected chi connectivity index (χ3v) is 4.80. The van der Waals surface area contributed by atoms with E-state index in [0.29, 0.717) is 12.1 Å². The number of amides is 1. The Labute approximate surface area is 115 Å². The largest absolute Gasteiger partial charge is 0.337 e. The Balaban J connectivity index is 1.69. The molecule has 2 atom stereocenters. The summed E-state index contributed by atoms with van der Waals surface area (Å²) in [5, 5.41) is 0. The van der Waals surface area contributed by atoms with Crippen molar-refractivity contribution in [2.45, 2.75) is 57.5 Å². The van der Waals surface area contributed by atoms with Gasteiger partial charge in [-0.1, -0.05) is 30.3 Å². The van der Waals surface area contributed by atoms with Crippen LogP contribution in [0.1, 0.15) is 44.6 Å². The van der Waals surface area contributed by atoms with E-state index in [0.717, 1.165) is 5.92 Å². The van der Waals surface area contributed by atoms with Gasteiger partial charge in [-0.25, -0.2) is 0 Å². The van der Waals surface area contributed by atoms with Crippen LogP contribution in [0.15, 0.2) is 30.3 Å². The fourth-order valence-electron chi connectivity index (χ4n) is 4.12. The number of hydrogen-bond acceptors (Lipinski definition) is 1. The van der Waals surface area contributed by atoms with Gasteiger partial charge in [0.1, 0.15) is 0 Å². The zero-order valence-electron chi connectivity index (χ0n) is 11.7. The zero-order chi connectivity index (χ0) is 13.2. The van der Waals surface area contributed by atoms with Crippen LogP contribution in [-0.4, -0.2) is 22.9 Å². The van der Waals surface area contributed by atoms with Crippen molar-refractivity contribution in [1.82, 2.24) is 4.90 Å². The number of piperidine rings is 2. The highest BCUT2D eigenvalue weighted by Gasteiger charge is 2.39. The summed E-state index contributed by atoms with van der Waals surface area (Å²) in [5.74, 6) is 1.04. The molecule has 3 rings (SSSR count). The number of hydrogen-bond donors (Lipinski definition) is 0. The highest BCUT2D eigenvalue weighted by molar-refractivity contribution is 5.74. The molecule has 0 saturated carbocycles. The second kappa shape index (κ2) is 5.36. The van der Waals surface area contributed by atoms with Crippen LogP contribution in [0.5, 0.6) is 0 Å². The van der Waals surface area contributed by atoms with Crippen molar-refractivity contribution in [3.63, 3.8) is 0 Å². The van der Waals surface area contributed by atoms with E-state index < -0.39 is 0 Å². The normalized spacial score (nSPS) is 30.2. The minimum absolute atomic E-state index is 0.285. The van der Waals surface area contributed by atoms with Crippen molar-refractivity contribution in [3.8, 4) is 0 Å². The molecule has 2 fully saturated rings. The van der Waals surface area contributed by atoms with E-state index in [-0.39, 0.29) is 5.91 Å². The molecule has 2 saturated heterocycles. The number of nitrogens with zero attached hydrogens (tertiary/aromatic N) is 1. The highest BCUT2D eigenvalue weighted by Crippen LogP contribution is 2.38. The van der Waals surface area contributed by atoms with Gasteiger partial charge in [-0.15, -0.1) is 0 Å². The first kappa shape index (κ1) is 12.7. The van der Waals surface area contributed by atoms with Crippen LogP contribution >= 0.6 is 0 Å². The number of fused-ring (bicyclic) bond motifs is 2. The molecule has 2 heterocycles. The number of benzene rings is 1. The van der Waals surface area contributed by atoms with Crippen molar-refractivity contribution in [3.05, 3.63) is 35.9 Å². The molecule has 19 heavy (non-hydrogen) atoms. The fraction of sp³-hybridized carbons (Fsp3) is 0.588. The van der Waals surface area contributed by atoms with E-state index >= 15 is 0 Å². The molecule has 2 aliphatic rings. The molecule has 2 unspecified atom stereocenters. The van der Waals surface area contributed by atoms with E-state index in [9.17, 15) is 4.79 Å². The van der Waals surface area contributed by atoms with Crippen LogP contribution in [0.3, 0.4) is 0 Å². The first-order chi connectivity index (χ1) is 9.24. The molecule has 0 N–H and O–H groups in total. The van der Waals surface area contributed by atoms with Gasteiger partial charge < -0.3 is 4.90 Å². The number of carbonyl (C=O) groups is 1. The maximum absolute atomic E-state index is 11.8. The summed E-state index contributed by atoms with van der Waals surface area (Å²) in [7, 11) is 0. The van der Waals surface area contributed by atoms with Crippen molar-refractivity contribution < 1.29 is 4.79 Å². The van der Waals surface area contributed by atoms with Crippen LogP contribution in [0, 0.1) is 5.92 Å². The Morgan fingerprint density at radius 3 is 2.37 bits per heavy atom. The molecule has 1 aromatic carbocycles. The molecule has 2 aliphatic heterocycles. The predicted molar refractivity (Wildman–Crippen MR) is 76.8 cm³/mol. The lowest BCUT2D eigenvalue weighted by atomic mass is 9.76. The highest BCUT2D eigenvalue weighted by atomic mass is 16.2. The predicted octanol–water partition coefficient (Wildman–Crippen LogP) is 3.41. The first-order valence-corrected chi connectivity index (χ1v) is 7.57. The monoisotopic (exact) mass is 257 g/mol. The van der Waals surface area contributed by atoms with Gasteiger partial charge in [-0.3, -0.25) is 4.79 Å². The Morgan fingerprint density at radius 2 is 1.79 bits per heavy atom. The van der Waals surface area contributed by atoms with Crippen LogP contribution in [0.4, 0.5) is 0 Å². The molecule has 0 radical (unpaired) electrons. The quantitative estimate of drug-likeness (QED) is 0.795. The molecule has 0 spiro atoms. The summed E-state index contributed by atoms with van der Waals surface area (Å²) in [6, 6.07) is 11.8. The third-order valence-electron chi connectivity index (χ3n) is 4.80. The Bertz CT molecular complexity index is 428. The summed E-state index contributed by atoms with van der Waals surface area (Å²) in [4.78, 5) is 14.0. The van der Waals surface area contributed by atoms with Gasteiger partial charge in [0.05, 0.1) is 0 Å². The van der Waals surface area contributed by atoms with E-state index in [1.807, 2.05) is 0 Å². The van der Waals surface area contributed by atoms with Crippen LogP contribution in [0.2, 0.25) is 0 Å². The Hall–Kier alpha value is -1.31. The second-order valence-corrected chi connectivity index (χ2v) is 6.19. The summed E-state index contributed by atoms with van der Waals surface area (Å²) in [6.45, 7) is 1.74.